The van der Waals surface area contributed by atoms with E-state index < -0.39 is 5.97 Å². The van der Waals surface area contributed by atoms with E-state index in [1.54, 1.807) is 30.5 Å². The fourth-order valence-electron chi connectivity index (χ4n) is 1.45. The molecule has 0 saturated carbocycles. The van der Waals surface area contributed by atoms with Crippen LogP contribution in [0.3, 0.4) is 0 Å². The van der Waals surface area contributed by atoms with E-state index >= 15 is 0 Å². The molecular formula is C13H12N2O3. The van der Waals surface area contributed by atoms with Crippen LogP contribution in [0.15, 0.2) is 42.6 Å². The van der Waals surface area contributed by atoms with E-state index in [1.165, 1.54) is 12.1 Å². The Bertz CT molecular complexity index is 570. The summed E-state index contributed by atoms with van der Waals surface area (Å²) in [5.41, 5.74) is 6.58. The number of nitrogens with zero attached hydrogens (tertiary/aromatic N) is 1. The van der Waals surface area contributed by atoms with Gasteiger partial charge in [0.25, 0.3) is 0 Å². The predicted octanol–water partition coefficient (Wildman–Crippen LogP) is 2.03. The molecular weight excluding hydrogens is 232 g/mol. The lowest BCUT2D eigenvalue weighted by atomic mass is 10.2. The highest BCUT2D eigenvalue weighted by atomic mass is 16.5. The number of benzene rings is 1. The molecule has 1 aromatic carbocycles. The van der Waals surface area contributed by atoms with E-state index in [1.807, 2.05) is 0 Å². The maximum absolute atomic E-state index is 10.8. The first-order valence-corrected chi connectivity index (χ1v) is 5.35. The van der Waals surface area contributed by atoms with Crippen molar-refractivity contribution in [2.75, 3.05) is 0 Å². The topological polar surface area (TPSA) is 85.4 Å². The van der Waals surface area contributed by atoms with Crippen molar-refractivity contribution in [2.45, 2.75) is 6.54 Å². The monoisotopic (exact) mass is 244 g/mol. The van der Waals surface area contributed by atoms with Gasteiger partial charge in [-0.05, 0) is 29.8 Å². The van der Waals surface area contributed by atoms with E-state index in [0.29, 0.717) is 18.2 Å². The third-order valence-corrected chi connectivity index (χ3v) is 2.34. The standard InChI is InChI=1S/C13H12N2O3/c14-8-9-4-5-15-12(6-9)18-11-3-1-2-10(7-11)13(16)17/h1-7H,8,14H2,(H,16,17). The number of nitrogens with two attached hydrogens (primary N) is 1. The minimum atomic E-state index is -0.996. The molecule has 92 valence electrons. The Balaban J connectivity index is 2.22. The van der Waals surface area contributed by atoms with Crippen LogP contribution < -0.4 is 10.5 Å². The van der Waals surface area contributed by atoms with Crippen molar-refractivity contribution in [1.82, 2.24) is 4.98 Å². The molecule has 0 unspecified atom stereocenters. The molecule has 0 aliphatic carbocycles. The van der Waals surface area contributed by atoms with Crippen LogP contribution in [0.25, 0.3) is 0 Å². The number of ether oxygens (including phenoxy) is 1. The minimum Gasteiger partial charge on any atom is -0.478 e. The Kier molecular flexibility index (Phi) is 3.54. The first-order chi connectivity index (χ1) is 8.69. The third kappa shape index (κ3) is 2.83. The van der Waals surface area contributed by atoms with Gasteiger partial charge >= 0.3 is 5.97 Å². The molecule has 2 rings (SSSR count). The zero-order valence-electron chi connectivity index (χ0n) is 9.54. The fraction of sp³-hybridized carbons (Fsp3) is 0.0769. The van der Waals surface area contributed by atoms with Crippen LogP contribution in [0, 0.1) is 0 Å². The zero-order valence-corrected chi connectivity index (χ0v) is 9.54. The van der Waals surface area contributed by atoms with Gasteiger partial charge in [-0.15, -0.1) is 0 Å². The fourth-order valence-corrected chi connectivity index (χ4v) is 1.45. The summed E-state index contributed by atoms with van der Waals surface area (Å²) in [6.45, 7) is 0.397. The van der Waals surface area contributed by atoms with E-state index in [0.717, 1.165) is 5.56 Å². The summed E-state index contributed by atoms with van der Waals surface area (Å²) in [5, 5.41) is 8.87. The Labute approximate surface area is 104 Å². The van der Waals surface area contributed by atoms with Gasteiger partial charge in [0.05, 0.1) is 5.56 Å². The lowest BCUT2D eigenvalue weighted by Crippen LogP contribution is -1.98. The molecule has 1 aromatic heterocycles. The zero-order chi connectivity index (χ0) is 13.0. The summed E-state index contributed by atoms with van der Waals surface area (Å²) < 4.78 is 5.48. The molecule has 3 N–H and O–H groups in total. The van der Waals surface area contributed by atoms with Gasteiger partial charge in [0.1, 0.15) is 5.75 Å². The molecule has 0 radical (unpaired) electrons. The molecule has 0 saturated heterocycles. The summed E-state index contributed by atoms with van der Waals surface area (Å²) in [7, 11) is 0. The molecule has 0 atom stereocenters. The highest BCUT2D eigenvalue weighted by molar-refractivity contribution is 5.88. The second-order valence-corrected chi connectivity index (χ2v) is 3.64. The molecule has 2 aromatic rings. The Hall–Kier alpha value is -2.40. The Morgan fingerprint density at radius 3 is 2.89 bits per heavy atom. The average molecular weight is 244 g/mol. The van der Waals surface area contributed by atoms with Gasteiger partial charge in [-0.2, -0.15) is 0 Å². The van der Waals surface area contributed by atoms with Crippen LogP contribution in [-0.4, -0.2) is 16.1 Å². The van der Waals surface area contributed by atoms with Gasteiger partial charge in [-0.3, -0.25) is 0 Å². The second-order valence-electron chi connectivity index (χ2n) is 3.64. The maximum Gasteiger partial charge on any atom is 0.335 e. The van der Waals surface area contributed by atoms with Crippen LogP contribution in [0.5, 0.6) is 11.6 Å². The predicted molar refractivity (Wildman–Crippen MR) is 65.6 cm³/mol. The average Bonchev–Trinajstić information content (AvgIpc) is 2.39. The van der Waals surface area contributed by atoms with Crippen LogP contribution in [-0.2, 0) is 6.54 Å². The highest BCUT2D eigenvalue weighted by Gasteiger charge is 2.05. The van der Waals surface area contributed by atoms with Gasteiger partial charge in [0.2, 0.25) is 5.88 Å². The largest absolute Gasteiger partial charge is 0.478 e. The molecule has 0 spiro atoms. The quantitative estimate of drug-likeness (QED) is 0.859. The lowest BCUT2D eigenvalue weighted by Gasteiger charge is -2.06. The van der Waals surface area contributed by atoms with E-state index in [2.05, 4.69) is 4.98 Å². The molecule has 0 aliphatic rings. The van der Waals surface area contributed by atoms with Crippen molar-refractivity contribution in [3.05, 3.63) is 53.7 Å². The van der Waals surface area contributed by atoms with Gasteiger partial charge in [0.15, 0.2) is 0 Å². The molecule has 1 heterocycles. The lowest BCUT2D eigenvalue weighted by molar-refractivity contribution is 0.0696. The van der Waals surface area contributed by atoms with Gasteiger partial charge in [0, 0.05) is 18.8 Å². The van der Waals surface area contributed by atoms with E-state index in [4.69, 9.17) is 15.6 Å². The van der Waals surface area contributed by atoms with Crippen molar-refractivity contribution in [3.8, 4) is 11.6 Å². The summed E-state index contributed by atoms with van der Waals surface area (Å²) in [6.07, 6.45) is 1.60. The Morgan fingerprint density at radius 1 is 1.33 bits per heavy atom. The number of carbonyl (C=O) groups is 1. The van der Waals surface area contributed by atoms with Crippen molar-refractivity contribution in [3.63, 3.8) is 0 Å². The first-order valence-electron chi connectivity index (χ1n) is 5.35. The SMILES string of the molecule is NCc1ccnc(Oc2cccc(C(=O)O)c2)c1. The number of hydrogen-bond donors (Lipinski definition) is 2. The number of carboxylic acid groups (broad SMARTS) is 1. The van der Waals surface area contributed by atoms with Crippen LogP contribution in [0.2, 0.25) is 0 Å². The van der Waals surface area contributed by atoms with Gasteiger partial charge in [-0.1, -0.05) is 6.07 Å². The summed E-state index contributed by atoms with van der Waals surface area (Å²) >= 11 is 0. The summed E-state index contributed by atoms with van der Waals surface area (Å²) in [4.78, 5) is 14.9. The van der Waals surface area contributed by atoms with Gasteiger partial charge < -0.3 is 15.6 Å². The summed E-state index contributed by atoms with van der Waals surface area (Å²) in [5.74, 6) is -0.179. The Morgan fingerprint density at radius 2 is 2.17 bits per heavy atom. The number of aromatic nitrogens is 1. The molecule has 0 amide bonds. The summed E-state index contributed by atoms with van der Waals surface area (Å²) in [6, 6.07) is 9.74. The van der Waals surface area contributed by atoms with Crippen LogP contribution >= 0.6 is 0 Å². The van der Waals surface area contributed by atoms with Crippen molar-refractivity contribution in [1.29, 1.82) is 0 Å². The second kappa shape index (κ2) is 5.29. The number of pyridine rings is 1. The number of hydrogen-bond acceptors (Lipinski definition) is 4. The third-order valence-electron chi connectivity index (χ3n) is 2.34. The van der Waals surface area contributed by atoms with E-state index in [9.17, 15) is 4.79 Å². The molecule has 0 bridgehead atoms. The maximum atomic E-state index is 10.8. The number of rotatable bonds is 4. The van der Waals surface area contributed by atoms with Crippen LogP contribution in [0.1, 0.15) is 15.9 Å². The van der Waals surface area contributed by atoms with Crippen molar-refractivity contribution >= 4 is 5.97 Å². The van der Waals surface area contributed by atoms with Crippen molar-refractivity contribution in [2.24, 2.45) is 5.73 Å². The molecule has 0 fully saturated rings. The van der Waals surface area contributed by atoms with Gasteiger partial charge in [-0.25, -0.2) is 9.78 Å². The molecule has 18 heavy (non-hydrogen) atoms. The van der Waals surface area contributed by atoms with Crippen molar-refractivity contribution < 1.29 is 14.6 Å². The van der Waals surface area contributed by atoms with E-state index in [-0.39, 0.29) is 5.56 Å². The number of carboxylic acids is 1. The molecule has 5 nitrogen and oxygen atoms in total. The first kappa shape index (κ1) is 12.1. The normalized spacial score (nSPS) is 10.1. The highest BCUT2D eigenvalue weighted by Crippen LogP contribution is 2.21. The molecule has 5 heteroatoms. The minimum absolute atomic E-state index is 0.169. The van der Waals surface area contributed by atoms with Crippen LogP contribution in [0.4, 0.5) is 0 Å². The smallest absolute Gasteiger partial charge is 0.335 e. The number of aromatic carboxylic acids is 1. The molecule has 0 aliphatic heterocycles.